The largest absolute Gasteiger partial charge is 0.508 e. The lowest BCUT2D eigenvalue weighted by molar-refractivity contribution is -0.121. The smallest absolute Gasteiger partial charge is 0.221 e. The third kappa shape index (κ3) is 5.08. The van der Waals surface area contributed by atoms with Crippen molar-refractivity contribution in [2.75, 3.05) is 11.1 Å². The van der Waals surface area contributed by atoms with E-state index in [1.165, 1.54) is 4.91 Å². The molecule has 136 valence electrons. The number of hydrogen-bond donors (Lipinski definition) is 4. The lowest BCUT2D eigenvalue weighted by atomic mass is 10.3. The molecule has 1 amide bonds. The van der Waals surface area contributed by atoms with E-state index >= 15 is 0 Å². The van der Waals surface area contributed by atoms with E-state index in [1.807, 2.05) is 26.0 Å². The molecule has 2 unspecified atom stereocenters. The van der Waals surface area contributed by atoms with Crippen molar-refractivity contribution in [3.8, 4) is 5.75 Å². The van der Waals surface area contributed by atoms with Crippen LogP contribution in [0, 0.1) is 0 Å². The van der Waals surface area contributed by atoms with Gasteiger partial charge in [0.05, 0.1) is 6.04 Å². The minimum atomic E-state index is -0.109. The first kappa shape index (κ1) is 20.0. The molecule has 0 saturated heterocycles. The van der Waals surface area contributed by atoms with Crippen LogP contribution in [0.4, 0.5) is 5.69 Å². The summed E-state index contributed by atoms with van der Waals surface area (Å²) in [6.45, 7) is 3.86. The number of aromatic hydroxyl groups is 1. The van der Waals surface area contributed by atoms with Crippen LogP contribution in [0.25, 0.3) is 0 Å². The van der Waals surface area contributed by atoms with Gasteiger partial charge in [0, 0.05) is 28.5 Å². The summed E-state index contributed by atoms with van der Waals surface area (Å²) in [6.07, 6.45) is 0.477. The Morgan fingerprint density at radius 1 is 1.40 bits per heavy atom. The quantitative estimate of drug-likeness (QED) is 0.533. The molecule has 4 N–H and O–H groups in total. The highest BCUT2D eigenvalue weighted by Crippen LogP contribution is 2.37. The fourth-order valence-corrected chi connectivity index (χ4v) is 4.66. The van der Waals surface area contributed by atoms with Crippen molar-refractivity contribution in [1.29, 1.82) is 0 Å². The van der Waals surface area contributed by atoms with Crippen molar-refractivity contribution in [3.63, 3.8) is 0 Å². The number of benzene rings is 1. The van der Waals surface area contributed by atoms with Crippen LogP contribution in [-0.4, -0.2) is 33.5 Å². The van der Waals surface area contributed by atoms with E-state index in [2.05, 4.69) is 16.0 Å². The van der Waals surface area contributed by atoms with Gasteiger partial charge in [-0.3, -0.25) is 9.79 Å². The minimum Gasteiger partial charge on any atom is -0.508 e. The number of amides is 1. The molecule has 0 bridgehead atoms. The SMILES string of the molecule is Br.CCC(=O)NC1NC(C)=C(C2CSC(Nc3ccc(O)cc3)=N2)S1. The predicted octanol–water partition coefficient (Wildman–Crippen LogP) is 3.23. The van der Waals surface area contributed by atoms with Gasteiger partial charge in [-0.25, -0.2) is 0 Å². The number of phenolic OH excluding ortho intramolecular Hbond substituents is 1. The highest BCUT2D eigenvalue weighted by atomic mass is 79.9. The van der Waals surface area contributed by atoms with Gasteiger partial charge in [0.25, 0.3) is 0 Å². The first-order valence-corrected chi connectivity index (χ1v) is 9.61. The van der Waals surface area contributed by atoms with Crippen molar-refractivity contribution < 1.29 is 9.90 Å². The Kier molecular flexibility index (Phi) is 7.09. The van der Waals surface area contributed by atoms with Crippen LogP contribution in [-0.2, 0) is 4.79 Å². The molecule has 0 radical (unpaired) electrons. The van der Waals surface area contributed by atoms with Gasteiger partial charge < -0.3 is 21.1 Å². The second-order valence-electron chi connectivity index (χ2n) is 5.49. The number of aliphatic imine (C=N–C) groups is 1. The maximum Gasteiger partial charge on any atom is 0.221 e. The molecule has 2 heterocycles. The number of nitrogens with one attached hydrogen (secondary N) is 3. The molecular formula is C16H21BrN4O2S2. The van der Waals surface area contributed by atoms with Gasteiger partial charge in [-0.2, -0.15) is 0 Å². The van der Waals surface area contributed by atoms with E-state index in [4.69, 9.17) is 4.99 Å². The summed E-state index contributed by atoms with van der Waals surface area (Å²) in [6, 6.07) is 7.02. The maximum atomic E-state index is 11.5. The standard InChI is InChI=1S/C16H20N4O2S2.BrH/c1-3-13(22)20-16-17-9(2)14(24-16)12-8-23-15(19-12)18-10-4-6-11(21)7-5-10;/h4-7,12,16-17,21H,3,8H2,1-2H3,(H,18,19)(H,20,22);1H. The number of carbonyl (C=O) groups is 1. The molecule has 3 rings (SSSR count). The molecule has 6 nitrogen and oxygen atoms in total. The number of carbonyl (C=O) groups excluding carboxylic acids is 1. The molecule has 2 aliphatic rings. The molecular weight excluding hydrogens is 424 g/mol. The summed E-state index contributed by atoms with van der Waals surface area (Å²) in [5.74, 6) is 1.15. The van der Waals surface area contributed by atoms with Gasteiger partial charge in [0.2, 0.25) is 5.91 Å². The number of allylic oxidation sites excluding steroid dienone is 1. The number of thioether (sulfide) groups is 2. The Morgan fingerprint density at radius 3 is 2.80 bits per heavy atom. The second kappa shape index (κ2) is 8.86. The predicted molar refractivity (Wildman–Crippen MR) is 111 cm³/mol. The Morgan fingerprint density at radius 2 is 2.12 bits per heavy atom. The van der Waals surface area contributed by atoms with Crippen molar-refractivity contribution in [3.05, 3.63) is 34.9 Å². The van der Waals surface area contributed by atoms with E-state index in [-0.39, 0.29) is 40.2 Å². The Bertz CT molecular complexity index is 694. The third-order valence-corrected chi connectivity index (χ3v) is 5.91. The van der Waals surface area contributed by atoms with Crippen LogP contribution in [0.1, 0.15) is 20.3 Å². The highest BCUT2D eigenvalue weighted by Gasteiger charge is 2.31. The maximum absolute atomic E-state index is 11.5. The molecule has 2 aliphatic heterocycles. The lowest BCUT2D eigenvalue weighted by Crippen LogP contribution is -2.39. The van der Waals surface area contributed by atoms with Gasteiger partial charge in [0.15, 0.2) is 10.7 Å². The number of hydrogen-bond acceptors (Lipinski definition) is 7. The van der Waals surface area contributed by atoms with Gasteiger partial charge in [-0.15, -0.1) is 17.0 Å². The molecule has 0 spiro atoms. The van der Waals surface area contributed by atoms with Crippen LogP contribution in [0.15, 0.2) is 39.9 Å². The first-order chi connectivity index (χ1) is 11.5. The number of amidine groups is 1. The molecule has 25 heavy (non-hydrogen) atoms. The number of phenols is 1. The summed E-state index contributed by atoms with van der Waals surface area (Å²) < 4.78 is 0. The van der Waals surface area contributed by atoms with Crippen LogP contribution in [0.5, 0.6) is 5.75 Å². The first-order valence-electron chi connectivity index (χ1n) is 7.75. The average molecular weight is 445 g/mol. The van der Waals surface area contributed by atoms with E-state index in [0.29, 0.717) is 6.42 Å². The third-order valence-electron chi connectivity index (χ3n) is 3.65. The Labute approximate surface area is 166 Å². The fraction of sp³-hybridized carbons (Fsp3) is 0.375. The fourth-order valence-electron chi connectivity index (χ4n) is 2.40. The topological polar surface area (TPSA) is 85.8 Å². The molecule has 0 fully saturated rings. The zero-order valence-electron chi connectivity index (χ0n) is 13.9. The summed E-state index contributed by atoms with van der Waals surface area (Å²) in [5, 5.41) is 19.7. The van der Waals surface area contributed by atoms with Crippen molar-refractivity contribution in [1.82, 2.24) is 10.6 Å². The molecule has 0 saturated carbocycles. The molecule has 1 aromatic rings. The molecule has 9 heteroatoms. The minimum absolute atomic E-state index is 0. The van der Waals surface area contributed by atoms with Crippen molar-refractivity contribution >= 4 is 57.3 Å². The van der Waals surface area contributed by atoms with Crippen LogP contribution < -0.4 is 16.0 Å². The average Bonchev–Trinajstić information content (AvgIpc) is 3.16. The van der Waals surface area contributed by atoms with Gasteiger partial charge >= 0.3 is 0 Å². The summed E-state index contributed by atoms with van der Waals surface area (Å²) in [4.78, 5) is 17.5. The lowest BCUT2D eigenvalue weighted by Gasteiger charge is -2.13. The van der Waals surface area contributed by atoms with Gasteiger partial charge in [-0.1, -0.05) is 30.4 Å². The number of anilines is 1. The van der Waals surface area contributed by atoms with Crippen molar-refractivity contribution in [2.45, 2.75) is 31.8 Å². The molecule has 2 atom stereocenters. The van der Waals surface area contributed by atoms with E-state index in [0.717, 1.165) is 22.3 Å². The summed E-state index contributed by atoms with van der Waals surface area (Å²) >= 11 is 3.30. The normalized spacial score (nSPS) is 22.1. The Balaban J connectivity index is 0.00000225. The summed E-state index contributed by atoms with van der Waals surface area (Å²) in [5.41, 5.74) is 1.86. The number of rotatable bonds is 4. The zero-order valence-corrected chi connectivity index (χ0v) is 17.3. The van der Waals surface area contributed by atoms with Crippen LogP contribution >= 0.6 is 40.5 Å². The Hall–Kier alpha value is -1.32. The number of nitrogens with zero attached hydrogens (tertiary/aromatic N) is 1. The molecule has 0 aromatic heterocycles. The van der Waals surface area contributed by atoms with Crippen LogP contribution in [0.3, 0.4) is 0 Å². The zero-order chi connectivity index (χ0) is 17.1. The number of halogens is 1. The second-order valence-corrected chi connectivity index (χ2v) is 7.64. The molecule has 0 aliphatic carbocycles. The van der Waals surface area contributed by atoms with E-state index in [1.54, 1.807) is 35.7 Å². The molecule has 1 aromatic carbocycles. The van der Waals surface area contributed by atoms with E-state index in [9.17, 15) is 9.90 Å². The monoisotopic (exact) mass is 444 g/mol. The van der Waals surface area contributed by atoms with Crippen LogP contribution in [0.2, 0.25) is 0 Å². The van der Waals surface area contributed by atoms with Crippen molar-refractivity contribution in [2.24, 2.45) is 4.99 Å². The highest BCUT2D eigenvalue weighted by molar-refractivity contribution is 8.93. The van der Waals surface area contributed by atoms with E-state index < -0.39 is 0 Å². The summed E-state index contributed by atoms with van der Waals surface area (Å²) in [7, 11) is 0. The van der Waals surface area contributed by atoms with Gasteiger partial charge in [0.1, 0.15) is 5.75 Å². The van der Waals surface area contributed by atoms with Gasteiger partial charge in [-0.05, 0) is 31.2 Å².